The van der Waals surface area contributed by atoms with Gasteiger partial charge in [-0.25, -0.2) is 0 Å². The first-order valence-electron chi connectivity index (χ1n) is 6.15. The zero-order valence-electron chi connectivity index (χ0n) is 11.2. The fraction of sp³-hybridized carbons (Fsp3) is 0.429. The highest BCUT2D eigenvalue weighted by molar-refractivity contribution is 5.77. The molecule has 0 saturated carbocycles. The topological polar surface area (TPSA) is 71.3 Å². The van der Waals surface area contributed by atoms with Crippen LogP contribution in [-0.2, 0) is 9.53 Å². The number of nitriles is 1. The molecule has 1 aromatic rings. The van der Waals surface area contributed by atoms with Gasteiger partial charge in [-0.05, 0) is 38.1 Å². The van der Waals surface area contributed by atoms with Crippen molar-refractivity contribution in [2.45, 2.75) is 19.9 Å². The highest BCUT2D eigenvalue weighted by atomic mass is 16.5. The SMILES string of the molecule is CCOCC(C)NC(=O)COc1ccc(C#N)cc1. The van der Waals surface area contributed by atoms with Gasteiger partial charge in [-0.2, -0.15) is 5.26 Å². The largest absolute Gasteiger partial charge is 0.484 e. The lowest BCUT2D eigenvalue weighted by molar-refractivity contribution is -0.124. The second kappa shape index (κ2) is 8.11. The molecule has 0 aliphatic rings. The maximum absolute atomic E-state index is 11.6. The van der Waals surface area contributed by atoms with Crippen molar-refractivity contribution >= 4 is 5.91 Å². The monoisotopic (exact) mass is 262 g/mol. The van der Waals surface area contributed by atoms with Crippen molar-refractivity contribution in [3.8, 4) is 11.8 Å². The van der Waals surface area contributed by atoms with E-state index in [9.17, 15) is 4.79 Å². The van der Waals surface area contributed by atoms with E-state index >= 15 is 0 Å². The number of ether oxygens (including phenoxy) is 2. The van der Waals surface area contributed by atoms with Crippen LogP contribution < -0.4 is 10.1 Å². The van der Waals surface area contributed by atoms with Crippen LogP contribution in [0.5, 0.6) is 5.75 Å². The van der Waals surface area contributed by atoms with Crippen LogP contribution in [0.15, 0.2) is 24.3 Å². The Morgan fingerprint density at radius 2 is 2.11 bits per heavy atom. The lowest BCUT2D eigenvalue weighted by Crippen LogP contribution is -2.38. The number of hydrogen-bond acceptors (Lipinski definition) is 4. The van der Waals surface area contributed by atoms with Crippen molar-refractivity contribution in [1.82, 2.24) is 5.32 Å². The molecule has 0 aromatic heterocycles. The predicted molar refractivity (Wildman–Crippen MR) is 70.7 cm³/mol. The second-order valence-electron chi connectivity index (χ2n) is 4.05. The van der Waals surface area contributed by atoms with Crippen molar-refractivity contribution in [2.75, 3.05) is 19.8 Å². The zero-order valence-corrected chi connectivity index (χ0v) is 11.2. The summed E-state index contributed by atoms with van der Waals surface area (Å²) in [7, 11) is 0. The second-order valence-corrected chi connectivity index (χ2v) is 4.05. The molecule has 1 atom stereocenters. The summed E-state index contributed by atoms with van der Waals surface area (Å²) in [5.41, 5.74) is 0.558. The van der Waals surface area contributed by atoms with Crippen molar-refractivity contribution < 1.29 is 14.3 Å². The van der Waals surface area contributed by atoms with Gasteiger partial charge < -0.3 is 14.8 Å². The van der Waals surface area contributed by atoms with E-state index in [0.29, 0.717) is 24.5 Å². The highest BCUT2D eigenvalue weighted by Gasteiger charge is 2.07. The summed E-state index contributed by atoms with van der Waals surface area (Å²) in [6, 6.07) is 8.58. The molecule has 0 radical (unpaired) electrons. The fourth-order valence-corrected chi connectivity index (χ4v) is 1.43. The maximum Gasteiger partial charge on any atom is 0.258 e. The van der Waals surface area contributed by atoms with Crippen molar-refractivity contribution in [3.05, 3.63) is 29.8 Å². The molecule has 1 aromatic carbocycles. The molecule has 1 unspecified atom stereocenters. The molecule has 0 bridgehead atoms. The standard InChI is InChI=1S/C14H18N2O3/c1-3-18-9-11(2)16-14(17)10-19-13-6-4-12(8-15)5-7-13/h4-7,11H,3,9-10H2,1-2H3,(H,16,17). The van der Waals surface area contributed by atoms with E-state index in [2.05, 4.69) is 5.32 Å². The van der Waals surface area contributed by atoms with E-state index in [1.807, 2.05) is 19.9 Å². The first-order chi connectivity index (χ1) is 9.15. The van der Waals surface area contributed by atoms with Crippen LogP contribution in [0.3, 0.4) is 0 Å². The van der Waals surface area contributed by atoms with Crippen LogP contribution >= 0.6 is 0 Å². The molecule has 5 heteroatoms. The summed E-state index contributed by atoms with van der Waals surface area (Å²) in [6.07, 6.45) is 0. The third-order valence-electron chi connectivity index (χ3n) is 2.33. The van der Waals surface area contributed by atoms with Crippen molar-refractivity contribution in [3.63, 3.8) is 0 Å². The predicted octanol–water partition coefficient (Wildman–Crippen LogP) is 1.48. The van der Waals surface area contributed by atoms with Gasteiger partial charge in [0, 0.05) is 12.6 Å². The van der Waals surface area contributed by atoms with Gasteiger partial charge in [0.2, 0.25) is 0 Å². The number of rotatable bonds is 7. The maximum atomic E-state index is 11.6. The fourth-order valence-electron chi connectivity index (χ4n) is 1.43. The molecule has 0 aliphatic heterocycles. The Hall–Kier alpha value is -2.06. The summed E-state index contributed by atoms with van der Waals surface area (Å²) in [4.78, 5) is 11.6. The summed E-state index contributed by atoms with van der Waals surface area (Å²) in [5.74, 6) is 0.364. The molecule has 0 saturated heterocycles. The van der Waals surface area contributed by atoms with Gasteiger partial charge in [-0.3, -0.25) is 4.79 Å². The van der Waals surface area contributed by atoms with Crippen molar-refractivity contribution in [1.29, 1.82) is 5.26 Å². The van der Waals surface area contributed by atoms with Gasteiger partial charge in [0.05, 0.1) is 18.2 Å². The Morgan fingerprint density at radius 3 is 2.68 bits per heavy atom. The van der Waals surface area contributed by atoms with Gasteiger partial charge >= 0.3 is 0 Å². The zero-order chi connectivity index (χ0) is 14.1. The molecule has 1 rings (SSSR count). The molecule has 19 heavy (non-hydrogen) atoms. The minimum absolute atomic E-state index is 0.0444. The summed E-state index contributed by atoms with van der Waals surface area (Å²) in [5, 5.41) is 11.4. The lowest BCUT2D eigenvalue weighted by atomic mass is 10.2. The molecule has 0 fully saturated rings. The van der Waals surface area contributed by atoms with Crippen LogP contribution in [0.2, 0.25) is 0 Å². The van der Waals surface area contributed by atoms with E-state index in [0.717, 1.165) is 0 Å². The molecule has 102 valence electrons. The number of nitrogens with zero attached hydrogens (tertiary/aromatic N) is 1. The van der Waals surface area contributed by atoms with E-state index < -0.39 is 0 Å². The number of amides is 1. The van der Waals surface area contributed by atoms with E-state index in [1.54, 1.807) is 24.3 Å². The van der Waals surface area contributed by atoms with Gasteiger partial charge in [0.25, 0.3) is 5.91 Å². The van der Waals surface area contributed by atoms with E-state index in [1.165, 1.54) is 0 Å². The number of benzene rings is 1. The summed E-state index contributed by atoms with van der Waals surface area (Å²) in [6.45, 7) is 4.83. The summed E-state index contributed by atoms with van der Waals surface area (Å²) < 4.78 is 10.5. The average molecular weight is 262 g/mol. The minimum atomic E-state index is -0.198. The number of carbonyl (C=O) groups excluding carboxylic acids is 1. The quantitative estimate of drug-likeness (QED) is 0.808. The van der Waals surface area contributed by atoms with E-state index in [4.69, 9.17) is 14.7 Å². The average Bonchev–Trinajstić information content (AvgIpc) is 2.43. The lowest BCUT2D eigenvalue weighted by Gasteiger charge is -2.14. The van der Waals surface area contributed by atoms with Gasteiger partial charge in [-0.15, -0.1) is 0 Å². The normalized spacial score (nSPS) is 11.4. The van der Waals surface area contributed by atoms with Gasteiger partial charge in [-0.1, -0.05) is 0 Å². The highest BCUT2D eigenvalue weighted by Crippen LogP contribution is 2.11. The Morgan fingerprint density at radius 1 is 1.42 bits per heavy atom. The minimum Gasteiger partial charge on any atom is -0.484 e. The number of hydrogen-bond donors (Lipinski definition) is 1. The summed E-state index contributed by atoms with van der Waals surface area (Å²) >= 11 is 0. The Labute approximate surface area is 113 Å². The first kappa shape index (κ1) is 15.0. The Kier molecular flexibility index (Phi) is 6.41. The van der Waals surface area contributed by atoms with Gasteiger partial charge in [0.15, 0.2) is 6.61 Å². The molecular weight excluding hydrogens is 244 g/mol. The molecule has 0 spiro atoms. The molecule has 5 nitrogen and oxygen atoms in total. The molecular formula is C14H18N2O3. The Balaban J connectivity index is 2.31. The Bertz CT molecular complexity index is 437. The third kappa shape index (κ3) is 5.89. The molecule has 0 aliphatic carbocycles. The molecule has 0 heterocycles. The first-order valence-corrected chi connectivity index (χ1v) is 6.15. The number of carbonyl (C=O) groups is 1. The number of nitrogens with one attached hydrogen (secondary N) is 1. The smallest absolute Gasteiger partial charge is 0.258 e. The van der Waals surface area contributed by atoms with Crippen LogP contribution in [0.1, 0.15) is 19.4 Å². The third-order valence-corrected chi connectivity index (χ3v) is 2.33. The van der Waals surface area contributed by atoms with E-state index in [-0.39, 0.29) is 18.6 Å². The van der Waals surface area contributed by atoms with Crippen LogP contribution in [-0.4, -0.2) is 31.8 Å². The van der Waals surface area contributed by atoms with Crippen LogP contribution in [0.4, 0.5) is 0 Å². The van der Waals surface area contributed by atoms with Crippen LogP contribution in [0, 0.1) is 11.3 Å². The van der Waals surface area contributed by atoms with Crippen molar-refractivity contribution in [2.24, 2.45) is 0 Å². The molecule has 1 amide bonds. The van der Waals surface area contributed by atoms with Gasteiger partial charge in [0.1, 0.15) is 5.75 Å². The van der Waals surface area contributed by atoms with Crippen LogP contribution in [0.25, 0.3) is 0 Å². The molecule has 1 N–H and O–H groups in total.